The Hall–Kier alpha value is -1.02. The average molecular weight is 275 g/mol. The maximum atomic E-state index is 5.57. The SMILES string of the molecule is CNC(c1cc(C)ccc1OC)C1CCC(C)(C)CC1. The van der Waals surface area contributed by atoms with Crippen LogP contribution in [-0.2, 0) is 0 Å². The molecule has 0 spiro atoms. The molecule has 1 aliphatic rings. The van der Waals surface area contributed by atoms with E-state index in [9.17, 15) is 0 Å². The second-order valence-corrected chi connectivity index (χ2v) is 7.01. The summed E-state index contributed by atoms with van der Waals surface area (Å²) >= 11 is 0. The predicted octanol–water partition coefficient (Wildman–Crippen LogP) is 4.48. The van der Waals surface area contributed by atoms with Crippen LogP contribution >= 0.6 is 0 Å². The maximum absolute atomic E-state index is 5.57. The lowest BCUT2D eigenvalue weighted by atomic mass is 9.70. The smallest absolute Gasteiger partial charge is 0.123 e. The molecule has 2 rings (SSSR count). The standard InChI is InChI=1S/C18H29NO/c1-13-6-7-16(20-5)15(12-13)17(19-4)14-8-10-18(2,3)11-9-14/h6-7,12,14,17,19H,8-11H2,1-5H3. The molecule has 2 heteroatoms. The van der Waals surface area contributed by atoms with Gasteiger partial charge < -0.3 is 10.1 Å². The number of hydrogen-bond acceptors (Lipinski definition) is 2. The molecule has 1 N–H and O–H groups in total. The van der Waals surface area contributed by atoms with Crippen molar-refractivity contribution >= 4 is 0 Å². The number of hydrogen-bond donors (Lipinski definition) is 1. The van der Waals surface area contributed by atoms with Crippen LogP contribution in [0.3, 0.4) is 0 Å². The van der Waals surface area contributed by atoms with Crippen LogP contribution in [-0.4, -0.2) is 14.2 Å². The molecule has 2 nitrogen and oxygen atoms in total. The molecular weight excluding hydrogens is 246 g/mol. The summed E-state index contributed by atoms with van der Waals surface area (Å²) in [5, 5.41) is 3.54. The Morgan fingerprint density at radius 2 is 1.90 bits per heavy atom. The average Bonchev–Trinajstić information content (AvgIpc) is 2.41. The molecule has 1 atom stereocenters. The minimum atomic E-state index is 0.404. The molecule has 0 aromatic heterocycles. The minimum absolute atomic E-state index is 0.404. The summed E-state index contributed by atoms with van der Waals surface area (Å²) in [7, 11) is 3.84. The van der Waals surface area contributed by atoms with E-state index < -0.39 is 0 Å². The second-order valence-electron chi connectivity index (χ2n) is 7.01. The third-order valence-corrected chi connectivity index (χ3v) is 4.89. The van der Waals surface area contributed by atoms with Crippen molar-refractivity contribution in [2.75, 3.05) is 14.2 Å². The Kier molecular flexibility index (Phi) is 4.74. The van der Waals surface area contributed by atoms with Gasteiger partial charge in [-0.2, -0.15) is 0 Å². The first-order chi connectivity index (χ1) is 9.46. The van der Waals surface area contributed by atoms with Gasteiger partial charge in [-0.25, -0.2) is 0 Å². The van der Waals surface area contributed by atoms with Gasteiger partial charge in [-0.05, 0) is 57.1 Å². The monoisotopic (exact) mass is 275 g/mol. The van der Waals surface area contributed by atoms with Gasteiger partial charge >= 0.3 is 0 Å². The molecule has 1 aromatic carbocycles. The second kappa shape index (κ2) is 6.17. The Balaban J connectivity index is 2.22. The van der Waals surface area contributed by atoms with Crippen molar-refractivity contribution in [3.63, 3.8) is 0 Å². The summed E-state index contributed by atoms with van der Waals surface area (Å²) in [6, 6.07) is 6.90. The highest BCUT2D eigenvalue weighted by Crippen LogP contribution is 2.44. The first-order valence-corrected chi connectivity index (χ1v) is 7.78. The van der Waals surface area contributed by atoms with Crippen LogP contribution in [0.1, 0.15) is 56.7 Å². The molecule has 1 unspecified atom stereocenters. The highest BCUT2D eigenvalue weighted by Gasteiger charge is 2.32. The molecule has 0 bridgehead atoms. The summed E-state index contributed by atoms with van der Waals surface area (Å²) in [6.07, 6.45) is 5.25. The van der Waals surface area contributed by atoms with Crippen LogP contribution in [0.15, 0.2) is 18.2 Å². The fraction of sp³-hybridized carbons (Fsp3) is 0.667. The van der Waals surface area contributed by atoms with Gasteiger partial charge in [-0.15, -0.1) is 0 Å². The molecule has 0 heterocycles. The molecule has 0 aliphatic heterocycles. The highest BCUT2D eigenvalue weighted by atomic mass is 16.5. The zero-order chi connectivity index (χ0) is 14.8. The Labute approximate surface area is 123 Å². The zero-order valence-electron chi connectivity index (χ0n) is 13.6. The summed E-state index contributed by atoms with van der Waals surface area (Å²) in [4.78, 5) is 0. The molecule has 0 amide bonds. The fourth-order valence-electron chi connectivity index (χ4n) is 3.50. The lowest BCUT2D eigenvalue weighted by molar-refractivity contribution is 0.163. The van der Waals surface area contributed by atoms with E-state index in [1.807, 2.05) is 0 Å². The Morgan fingerprint density at radius 1 is 1.25 bits per heavy atom. The molecule has 1 fully saturated rings. The Morgan fingerprint density at radius 3 is 2.45 bits per heavy atom. The van der Waals surface area contributed by atoms with E-state index in [0.29, 0.717) is 17.4 Å². The van der Waals surface area contributed by atoms with Gasteiger partial charge in [0.15, 0.2) is 0 Å². The van der Waals surface area contributed by atoms with Gasteiger partial charge in [-0.1, -0.05) is 31.5 Å². The molecule has 0 radical (unpaired) electrons. The van der Waals surface area contributed by atoms with Crippen LogP contribution in [0, 0.1) is 18.3 Å². The molecule has 1 aliphatic carbocycles. The van der Waals surface area contributed by atoms with E-state index in [0.717, 1.165) is 5.75 Å². The van der Waals surface area contributed by atoms with Gasteiger partial charge in [0.1, 0.15) is 5.75 Å². The quantitative estimate of drug-likeness (QED) is 0.874. The third kappa shape index (κ3) is 3.35. The van der Waals surface area contributed by atoms with E-state index in [2.05, 4.69) is 51.3 Å². The third-order valence-electron chi connectivity index (χ3n) is 4.89. The van der Waals surface area contributed by atoms with Crippen LogP contribution in [0.25, 0.3) is 0 Å². The molecule has 1 saturated carbocycles. The number of rotatable bonds is 4. The summed E-state index contributed by atoms with van der Waals surface area (Å²) in [6.45, 7) is 6.94. The fourth-order valence-corrected chi connectivity index (χ4v) is 3.50. The van der Waals surface area contributed by atoms with Crippen LogP contribution in [0.5, 0.6) is 5.75 Å². The van der Waals surface area contributed by atoms with Crippen molar-refractivity contribution in [2.45, 2.75) is 52.5 Å². The minimum Gasteiger partial charge on any atom is -0.496 e. The van der Waals surface area contributed by atoms with E-state index in [1.165, 1.54) is 36.8 Å². The van der Waals surface area contributed by atoms with Crippen LogP contribution < -0.4 is 10.1 Å². The van der Waals surface area contributed by atoms with Crippen LogP contribution in [0.4, 0.5) is 0 Å². The first-order valence-electron chi connectivity index (χ1n) is 7.78. The molecule has 1 aromatic rings. The van der Waals surface area contributed by atoms with Gasteiger partial charge in [0.2, 0.25) is 0 Å². The van der Waals surface area contributed by atoms with Crippen molar-refractivity contribution in [1.29, 1.82) is 0 Å². The highest BCUT2D eigenvalue weighted by molar-refractivity contribution is 5.39. The number of ether oxygens (including phenoxy) is 1. The predicted molar refractivity (Wildman–Crippen MR) is 85.3 cm³/mol. The van der Waals surface area contributed by atoms with E-state index in [4.69, 9.17) is 4.74 Å². The zero-order valence-corrected chi connectivity index (χ0v) is 13.6. The van der Waals surface area contributed by atoms with Crippen LogP contribution in [0.2, 0.25) is 0 Å². The molecular formula is C18H29NO. The lowest BCUT2D eigenvalue weighted by Gasteiger charge is -2.38. The summed E-state index contributed by atoms with van der Waals surface area (Å²) in [5.41, 5.74) is 3.14. The summed E-state index contributed by atoms with van der Waals surface area (Å²) in [5.74, 6) is 1.73. The van der Waals surface area contributed by atoms with Gasteiger partial charge in [-0.3, -0.25) is 0 Å². The van der Waals surface area contributed by atoms with Crippen molar-refractivity contribution in [2.24, 2.45) is 11.3 Å². The van der Waals surface area contributed by atoms with Gasteiger partial charge in [0.25, 0.3) is 0 Å². The number of aryl methyl sites for hydroxylation is 1. The van der Waals surface area contributed by atoms with Crippen molar-refractivity contribution < 1.29 is 4.74 Å². The maximum Gasteiger partial charge on any atom is 0.123 e. The number of nitrogens with one attached hydrogen (secondary N) is 1. The lowest BCUT2D eigenvalue weighted by Crippen LogP contribution is -2.31. The van der Waals surface area contributed by atoms with Crippen molar-refractivity contribution in [3.8, 4) is 5.75 Å². The van der Waals surface area contributed by atoms with Gasteiger partial charge in [0, 0.05) is 11.6 Å². The van der Waals surface area contributed by atoms with E-state index in [1.54, 1.807) is 7.11 Å². The first kappa shape index (κ1) is 15.4. The van der Waals surface area contributed by atoms with E-state index >= 15 is 0 Å². The van der Waals surface area contributed by atoms with Gasteiger partial charge in [0.05, 0.1) is 7.11 Å². The van der Waals surface area contributed by atoms with Crippen molar-refractivity contribution in [1.82, 2.24) is 5.32 Å². The number of benzene rings is 1. The van der Waals surface area contributed by atoms with E-state index in [-0.39, 0.29) is 0 Å². The number of methoxy groups -OCH3 is 1. The Bertz CT molecular complexity index is 443. The van der Waals surface area contributed by atoms with Crippen molar-refractivity contribution in [3.05, 3.63) is 29.3 Å². The molecule has 112 valence electrons. The molecule has 0 saturated heterocycles. The largest absolute Gasteiger partial charge is 0.496 e. The normalized spacial score (nSPS) is 20.6. The summed E-state index contributed by atoms with van der Waals surface area (Å²) < 4.78 is 5.57. The topological polar surface area (TPSA) is 21.3 Å². The molecule has 20 heavy (non-hydrogen) atoms.